The number of hydrogen-bond acceptors (Lipinski definition) is 4. The lowest BCUT2D eigenvalue weighted by Crippen LogP contribution is -2.29. The number of hydrogen-bond donors (Lipinski definition) is 2. The smallest absolute Gasteiger partial charge is 0.385 e. The number of nitrogens with two attached hydrogens (primary N) is 1. The van der Waals surface area contributed by atoms with Gasteiger partial charge in [-0.15, -0.1) is 0 Å². The number of nitrogens with zero attached hydrogens (tertiary/aromatic N) is 1. The van der Waals surface area contributed by atoms with Gasteiger partial charge in [-0.2, -0.15) is 13.2 Å². The number of alkyl halides is 3. The molecule has 0 bridgehead atoms. The molecule has 2 amide bonds. The molecule has 8 heteroatoms. The normalized spacial score (nSPS) is 21.7. The summed E-state index contributed by atoms with van der Waals surface area (Å²) >= 11 is 0. The Morgan fingerprint density at radius 1 is 0.933 bits per heavy atom. The number of carbonyl (C=O) groups excluding carboxylic acids is 2. The van der Waals surface area contributed by atoms with Gasteiger partial charge in [0.05, 0.1) is 22.4 Å². The maximum absolute atomic E-state index is 12.8. The molecule has 0 radical (unpaired) electrons. The number of amides is 2. The number of benzene rings is 2. The highest BCUT2D eigenvalue weighted by molar-refractivity contribution is 6.34. The van der Waals surface area contributed by atoms with Crippen LogP contribution in [-0.4, -0.2) is 24.4 Å². The highest BCUT2D eigenvalue weighted by atomic mass is 19.4. The second-order valence-electron chi connectivity index (χ2n) is 7.91. The molecule has 0 saturated heterocycles. The minimum atomic E-state index is -4.48. The lowest BCUT2D eigenvalue weighted by molar-refractivity contribution is -0.137. The van der Waals surface area contributed by atoms with Crippen molar-refractivity contribution in [2.45, 2.75) is 37.9 Å². The van der Waals surface area contributed by atoms with Crippen LogP contribution in [0.15, 0.2) is 42.5 Å². The van der Waals surface area contributed by atoms with Crippen LogP contribution < -0.4 is 16.0 Å². The standard InChI is InChI=1S/C22H22F3N3O2/c23-22(24,25)14-3-8-17(9-4-14)28-20(29)18-10-7-16(11-19(18)21(28)30)27-12-13-1-5-15(26)6-2-13/h3-4,7-11,13,15,27H,1-2,5-6,12,26H2/t13-,15-. The zero-order valence-corrected chi connectivity index (χ0v) is 16.2. The molecule has 5 nitrogen and oxygen atoms in total. The SMILES string of the molecule is N[C@H]1CC[C@H](CNc2ccc3c(c2)C(=O)N(c2ccc(C(F)(F)F)cc2)C3=O)CC1. The molecular weight excluding hydrogens is 395 g/mol. The van der Waals surface area contributed by atoms with Gasteiger partial charge in [-0.1, -0.05) is 0 Å². The van der Waals surface area contributed by atoms with E-state index < -0.39 is 23.6 Å². The zero-order chi connectivity index (χ0) is 21.5. The summed E-state index contributed by atoms with van der Waals surface area (Å²) in [7, 11) is 0. The van der Waals surface area contributed by atoms with Crippen molar-refractivity contribution >= 4 is 23.2 Å². The lowest BCUT2D eigenvalue weighted by atomic mass is 9.86. The summed E-state index contributed by atoms with van der Waals surface area (Å²) in [6.45, 7) is 0.760. The second kappa shape index (κ2) is 7.75. The molecule has 1 aliphatic heterocycles. The Hall–Kier alpha value is -2.87. The lowest BCUT2D eigenvalue weighted by Gasteiger charge is -2.26. The number of carbonyl (C=O) groups is 2. The fourth-order valence-electron chi connectivity index (χ4n) is 4.04. The molecule has 1 aliphatic carbocycles. The number of halogens is 3. The van der Waals surface area contributed by atoms with Gasteiger partial charge < -0.3 is 11.1 Å². The molecule has 0 aromatic heterocycles. The van der Waals surface area contributed by atoms with Crippen molar-refractivity contribution in [3.05, 3.63) is 59.2 Å². The van der Waals surface area contributed by atoms with E-state index in [1.165, 1.54) is 0 Å². The van der Waals surface area contributed by atoms with E-state index in [1.54, 1.807) is 18.2 Å². The van der Waals surface area contributed by atoms with Gasteiger partial charge in [0.1, 0.15) is 0 Å². The Bertz CT molecular complexity index is 965. The summed E-state index contributed by atoms with van der Waals surface area (Å²) in [4.78, 5) is 26.4. The Morgan fingerprint density at radius 3 is 2.20 bits per heavy atom. The third kappa shape index (κ3) is 3.92. The summed E-state index contributed by atoms with van der Waals surface area (Å²) in [5, 5.41) is 3.33. The predicted molar refractivity (Wildman–Crippen MR) is 107 cm³/mol. The molecule has 3 N–H and O–H groups in total. The van der Waals surface area contributed by atoms with Crippen molar-refractivity contribution in [1.29, 1.82) is 0 Å². The van der Waals surface area contributed by atoms with Crippen LogP contribution in [0.25, 0.3) is 0 Å². The first-order valence-electron chi connectivity index (χ1n) is 9.93. The second-order valence-corrected chi connectivity index (χ2v) is 7.91. The summed E-state index contributed by atoms with van der Waals surface area (Å²) in [6, 6.07) is 9.24. The number of nitrogens with one attached hydrogen (secondary N) is 1. The van der Waals surface area contributed by atoms with E-state index in [9.17, 15) is 22.8 Å². The van der Waals surface area contributed by atoms with E-state index >= 15 is 0 Å². The van der Waals surface area contributed by atoms with E-state index in [2.05, 4.69) is 5.32 Å². The summed E-state index contributed by atoms with van der Waals surface area (Å²) in [6.07, 6.45) is -0.363. The molecule has 0 unspecified atom stereocenters. The molecule has 2 aromatic carbocycles. The molecular formula is C22H22F3N3O2. The highest BCUT2D eigenvalue weighted by Gasteiger charge is 2.37. The molecule has 158 valence electrons. The molecule has 4 rings (SSSR count). The van der Waals surface area contributed by atoms with E-state index in [4.69, 9.17) is 5.73 Å². The number of rotatable bonds is 4. The van der Waals surface area contributed by atoms with Crippen molar-refractivity contribution in [2.75, 3.05) is 16.8 Å². The third-order valence-electron chi connectivity index (χ3n) is 5.83. The highest BCUT2D eigenvalue weighted by Crippen LogP contribution is 2.34. The van der Waals surface area contributed by atoms with Gasteiger partial charge in [0.15, 0.2) is 0 Å². The van der Waals surface area contributed by atoms with Crippen LogP contribution in [0.3, 0.4) is 0 Å². The van der Waals surface area contributed by atoms with Crippen molar-refractivity contribution in [3.63, 3.8) is 0 Å². The van der Waals surface area contributed by atoms with Crippen LogP contribution in [0.2, 0.25) is 0 Å². The van der Waals surface area contributed by atoms with E-state index in [1.807, 2.05) is 0 Å². The monoisotopic (exact) mass is 417 g/mol. The number of anilines is 2. The molecule has 30 heavy (non-hydrogen) atoms. The van der Waals surface area contributed by atoms with Crippen LogP contribution in [-0.2, 0) is 6.18 Å². The van der Waals surface area contributed by atoms with Gasteiger partial charge in [-0.05, 0) is 74.1 Å². The molecule has 1 heterocycles. The molecule has 0 atom stereocenters. The van der Waals surface area contributed by atoms with Gasteiger partial charge in [0.25, 0.3) is 11.8 Å². The predicted octanol–water partition coefficient (Wildman–Crippen LogP) is 4.44. The van der Waals surface area contributed by atoms with Gasteiger partial charge in [-0.3, -0.25) is 9.59 Å². The van der Waals surface area contributed by atoms with Crippen LogP contribution in [0.5, 0.6) is 0 Å². The molecule has 2 aliphatic rings. The van der Waals surface area contributed by atoms with Gasteiger partial charge >= 0.3 is 6.18 Å². The van der Waals surface area contributed by atoms with Crippen LogP contribution >= 0.6 is 0 Å². The maximum Gasteiger partial charge on any atom is 0.416 e. The van der Waals surface area contributed by atoms with Crippen molar-refractivity contribution in [3.8, 4) is 0 Å². The topological polar surface area (TPSA) is 75.4 Å². The number of imide groups is 1. The minimum absolute atomic E-state index is 0.113. The quantitative estimate of drug-likeness (QED) is 0.722. The summed E-state index contributed by atoms with van der Waals surface area (Å²) < 4.78 is 38.3. The van der Waals surface area contributed by atoms with E-state index in [-0.39, 0.29) is 22.9 Å². The van der Waals surface area contributed by atoms with Crippen LogP contribution in [0.4, 0.5) is 24.5 Å². The minimum Gasteiger partial charge on any atom is -0.385 e. The van der Waals surface area contributed by atoms with Gasteiger partial charge in [-0.25, -0.2) is 4.90 Å². The summed E-state index contributed by atoms with van der Waals surface area (Å²) in [5.41, 5.74) is 6.44. The Kier molecular flexibility index (Phi) is 5.27. The molecule has 1 saturated carbocycles. The van der Waals surface area contributed by atoms with E-state index in [0.29, 0.717) is 5.92 Å². The maximum atomic E-state index is 12.8. The van der Waals surface area contributed by atoms with Crippen molar-refractivity contribution < 1.29 is 22.8 Å². The van der Waals surface area contributed by atoms with Gasteiger partial charge in [0.2, 0.25) is 0 Å². The molecule has 0 spiro atoms. The van der Waals surface area contributed by atoms with E-state index in [0.717, 1.165) is 67.1 Å². The first kappa shape index (κ1) is 20.4. The Balaban J connectivity index is 1.49. The van der Waals surface area contributed by atoms with Crippen molar-refractivity contribution in [1.82, 2.24) is 0 Å². The van der Waals surface area contributed by atoms with Gasteiger partial charge in [0, 0.05) is 18.3 Å². The fraction of sp³-hybridized carbons (Fsp3) is 0.364. The Labute approximate surface area is 172 Å². The third-order valence-corrected chi connectivity index (χ3v) is 5.83. The summed E-state index contributed by atoms with van der Waals surface area (Å²) in [5.74, 6) is -0.566. The zero-order valence-electron chi connectivity index (χ0n) is 16.2. The fourth-order valence-corrected chi connectivity index (χ4v) is 4.04. The number of fused-ring (bicyclic) bond motifs is 1. The van der Waals surface area contributed by atoms with Crippen LogP contribution in [0.1, 0.15) is 52.0 Å². The average Bonchev–Trinajstić information content (AvgIpc) is 2.97. The first-order valence-corrected chi connectivity index (χ1v) is 9.93. The molecule has 1 fully saturated rings. The largest absolute Gasteiger partial charge is 0.416 e. The Morgan fingerprint density at radius 2 is 1.57 bits per heavy atom. The first-order chi connectivity index (χ1) is 14.2. The average molecular weight is 417 g/mol. The van der Waals surface area contributed by atoms with Crippen molar-refractivity contribution in [2.24, 2.45) is 11.7 Å². The van der Waals surface area contributed by atoms with Crippen LogP contribution in [0, 0.1) is 5.92 Å². The molecule has 2 aromatic rings.